The average molecular weight is 154 g/mol. The van der Waals surface area contributed by atoms with Gasteiger partial charge in [-0.25, -0.2) is 0 Å². The van der Waals surface area contributed by atoms with E-state index in [1.165, 1.54) is 0 Å². The van der Waals surface area contributed by atoms with Crippen LogP contribution in [-0.2, 0) is 9.09 Å². The molecule has 0 amide bonds. The maximum Gasteiger partial charge on any atom is 0.325 e. The van der Waals surface area contributed by atoms with Gasteiger partial charge in [0.15, 0.2) is 0 Å². The molecule has 1 unspecified atom stereocenters. The number of hydrogen-bond donors (Lipinski definition) is 2. The summed E-state index contributed by atoms with van der Waals surface area (Å²) in [5, 5.41) is 8.21. The predicted octanol–water partition coefficient (Wildman–Crippen LogP) is 0.201. The van der Waals surface area contributed by atoms with Crippen LogP contribution in [0.2, 0.25) is 0 Å². The highest BCUT2D eigenvalue weighted by atomic mass is 31.2. The Morgan fingerprint density at radius 2 is 2.22 bits per heavy atom. The molecular weight excluding hydrogens is 143 g/mol. The molecule has 2 N–H and O–H groups in total. The first kappa shape index (κ1) is 9.11. The number of rotatable bonds is 4. The van der Waals surface area contributed by atoms with Crippen LogP contribution < -0.4 is 0 Å². The lowest BCUT2D eigenvalue weighted by Gasteiger charge is -2.03. The fraction of sp³-hybridized carbons (Fsp3) is 1.00. The lowest BCUT2D eigenvalue weighted by molar-refractivity contribution is 0.216. The van der Waals surface area contributed by atoms with Gasteiger partial charge in [0, 0.05) is 13.3 Å². The molecule has 0 saturated carbocycles. The zero-order valence-electron chi connectivity index (χ0n) is 5.28. The zero-order valence-corrected chi connectivity index (χ0v) is 6.17. The van der Waals surface area contributed by atoms with Gasteiger partial charge in [-0.1, -0.05) is 0 Å². The Morgan fingerprint density at radius 1 is 1.67 bits per heavy atom. The molecule has 1 atom stereocenters. The quantitative estimate of drug-likeness (QED) is 0.448. The van der Waals surface area contributed by atoms with Crippen LogP contribution in [0.4, 0.5) is 0 Å². The first-order valence-corrected chi connectivity index (χ1v) is 4.64. The van der Waals surface area contributed by atoms with Gasteiger partial charge in [-0.05, 0) is 6.42 Å². The van der Waals surface area contributed by atoms with E-state index in [1.54, 1.807) is 0 Å². The van der Waals surface area contributed by atoms with E-state index in [2.05, 4.69) is 4.52 Å². The third kappa shape index (κ3) is 8.11. The van der Waals surface area contributed by atoms with Gasteiger partial charge < -0.3 is 14.5 Å². The molecule has 0 saturated heterocycles. The van der Waals surface area contributed by atoms with Gasteiger partial charge in [0.2, 0.25) is 0 Å². The third-order valence-electron chi connectivity index (χ3n) is 0.633. The molecule has 0 aromatic rings. The van der Waals surface area contributed by atoms with Crippen molar-refractivity contribution in [3.05, 3.63) is 0 Å². The molecule has 0 aliphatic rings. The topological polar surface area (TPSA) is 66.8 Å². The Balaban J connectivity index is 3.18. The molecule has 0 aliphatic heterocycles. The molecular formula is C4H11O4P. The normalized spacial score (nSPS) is 17.2. The van der Waals surface area contributed by atoms with Crippen molar-refractivity contribution < 1.29 is 19.1 Å². The Labute approximate surface area is 54.0 Å². The summed E-state index contributed by atoms with van der Waals surface area (Å²) in [7, 11) is -3.31. The lowest BCUT2D eigenvalue weighted by atomic mass is 10.5. The van der Waals surface area contributed by atoms with Gasteiger partial charge >= 0.3 is 7.60 Å². The maximum atomic E-state index is 10.3. The van der Waals surface area contributed by atoms with E-state index in [0.29, 0.717) is 6.42 Å². The van der Waals surface area contributed by atoms with Crippen molar-refractivity contribution in [3.63, 3.8) is 0 Å². The summed E-state index contributed by atoms with van der Waals surface area (Å²) in [5.41, 5.74) is 0. The van der Waals surface area contributed by atoms with Crippen LogP contribution in [0.25, 0.3) is 0 Å². The molecule has 5 heteroatoms. The van der Waals surface area contributed by atoms with Crippen LogP contribution in [0, 0.1) is 0 Å². The Hall–Kier alpha value is 0.110. The van der Waals surface area contributed by atoms with E-state index in [1.807, 2.05) is 0 Å². The maximum absolute atomic E-state index is 10.3. The summed E-state index contributed by atoms with van der Waals surface area (Å²) in [5.74, 6) is 0. The summed E-state index contributed by atoms with van der Waals surface area (Å²) in [6.07, 6.45) is 0.401. The van der Waals surface area contributed by atoms with Crippen LogP contribution in [0.1, 0.15) is 6.42 Å². The smallest absolute Gasteiger partial charge is 0.325 e. The van der Waals surface area contributed by atoms with Gasteiger partial charge in [-0.15, -0.1) is 0 Å². The van der Waals surface area contributed by atoms with E-state index in [9.17, 15) is 4.57 Å². The molecule has 0 aromatic heterocycles. The third-order valence-corrected chi connectivity index (χ3v) is 1.29. The Morgan fingerprint density at radius 3 is 2.56 bits per heavy atom. The summed E-state index contributed by atoms with van der Waals surface area (Å²) >= 11 is 0. The SMILES string of the molecule is CP(=O)(O)OCCCO. The van der Waals surface area contributed by atoms with Crippen molar-refractivity contribution in [1.82, 2.24) is 0 Å². The minimum Gasteiger partial charge on any atom is -0.396 e. The second kappa shape index (κ2) is 4.01. The fourth-order valence-electron chi connectivity index (χ4n) is 0.298. The molecule has 0 aliphatic carbocycles. The fourth-order valence-corrected chi connectivity index (χ4v) is 0.766. The van der Waals surface area contributed by atoms with Crippen LogP contribution in [0.3, 0.4) is 0 Å². The zero-order chi connectivity index (χ0) is 7.33. The van der Waals surface area contributed by atoms with Gasteiger partial charge in [-0.2, -0.15) is 0 Å². The molecule has 0 aromatic carbocycles. The van der Waals surface area contributed by atoms with Gasteiger partial charge in [0.05, 0.1) is 6.61 Å². The molecule has 0 spiro atoms. The number of aliphatic hydroxyl groups is 1. The van der Waals surface area contributed by atoms with E-state index in [-0.39, 0.29) is 13.2 Å². The Kier molecular flexibility index (Phi) is 4.06. The Bertz CT molecular complexity index is 107. The highest BCUT2D eigenvalue weighted by Crippen LogP contribution is 2.36. The molecule has 0 rings (SSSR count). The molecule has 4 nitrogen and oxygen atoms in total. The largest absolute Gasteiger partial charge is 0.396 e. The highest BCUT2D eigenvalue weighted by Gasteiger charge is 2.07. The molecule has 0 heterocycles. The van der Waals surface area contributed by atoms with E-state index in [4.69, 9.17) is 10.00 Å². The van der Waals surface area contributed by atoms with Crippen molar-refractivity contribution in [3.8, 4) is 0 Å². The summed E-state index contributed by atoms with van der Waals surface area (Å²) < 4.78 is 14.8. The number of hydrogen-bond acceptors (Lipinski definition) is 3. The first-order chi connectivity index (χ1) is 4.06. The van der Waals surface area contributed by atoms with Gasteiger partial charge in [0.25, 0.3) is 0 Å². The lowest BCUT2D eigenvalue weighted by Crippen LogP contribution is -1.93. The van der Waals surface area contributed by atoms with Crippen molar-refractivity contribution in [2.24, 2.45) is 0 Å². The van der Waals surface area contributed by atoms with E-state index >= 15 is 0 Å². The minimum atomic E-state index is -3.31. The molecule has 56 valence electrons. The molecule has 0 bridgehead atoms. The van der Waals surface area contributed by atoms with E-state index < -0.39 is 7.60 Å². The number of aliphatic hydroxyl groups excluding tert-OH is 1. The van der Waals surface area contributed by atoms with Crippen molar-refractivity contribution in [1.29, 1.82) is 0 Å². The second-order valence-electron chi connectivity index (χ2n) is 1.71. The van der Waals surface area contributed by atoms with Crippen LogP contribution in [-0.4, -0.2) is 29.9 Å². The van der Waals surface area contributed by atoms with Crippen LogP contribution in [0.5, 0.6) is 0 Å². The summed E-state index contributed by atoms with van der Waals surface area (Å²) in [6.45, 7) is 1.24. The van der Waals surface area contributed by atoms with Crippen molar-refractivity contribution in [2.45, 2.75) is 6.42 Å². The molecule has 0 radical (unpaired) electrons. The average Bonchev–Trinajstić information content (AvgIpc) is 1.63. The molecule has 9 heavy (non-hydrogen) atoms. The van der Waals surface area contributed by atoms with Crippen molar-refractivity contribution in [2.75, 3.05) is 19.9 Å². The monoisotopic (exact) mass is 154 g/mol. The molecule has 0 fully saturated rings. The predicted molar refractivity (Wildman–Crippen MR) is 33.4 cm³/mol. The van der Waals surface area contributed by atoms with Gasteiger partial charge in [0.1, 0.15) is 0 Å². The summed E-state index contributed by atoms with van der Waals surface area (Å²) in [6, 6.07) is 0. The standard InChI is InChI=1S/C4H11O4P/c1-9(6,7)8-4-2-3-5/h5H,2-4H2,1H3,(H,6,7). The minimum absolute atomic E-state index is 0.0139. The van der Waals surface area contributed by atoms with E-state index in [0.717, 1.165) is 6.66 Å². The van der Waals surface area contributed by atoms with Gasteiger partial charge in [-0.3, -0.25) is 4.57 Å². The second-order valence-corrected chi connectivity index (χ2v) is 3.58. The first-order valence-electron chi connectivity index (χ1n) is 2.62. The van der Waals surface area contributed by atoms with Crippen LogP contribution >= 0.6 is 7.60 Å². The summed E-state index contributed by atoms with van der Waals surface area (Å²) in [4.78, 5) is 8.50. The van der Waals surface area contributed by atoms with Crippen LogP contribution in [0.15, 0.2) is 0 Å². The highest BCUT2D eigenvalue weighted by molar-refractivity contribution is 7.51. The van der Waals surface area contributed by atoms with Crippen molar-refractivity contribution >= 4 is 7.60 Å².